The standard InChI is InChI=1S/C13H12F2N2OS/c1-2-18-7-11-16-10(6-12(19)17-11)8-4-3-5-9(14)13(8)15/h3-6H,2,7H2,1H3,(H,16,17,19). The number of H-pyrrole nitrogens is 1. The molecular weight excluding hydrogens is 270 g/mol. The van der Waals surface area contributed by atoms with E-state index < -0.39 is 11.6 Å². The average molecular weight is 282 g/mol. The van der Waals surface area contributed by atoms with E-state index in [-0.39, 0.29) is 12.2 Å². The number of nitrogens with one attached hydrogen (secondary N) is 1. The van der Waals surface area contributed by atoms with Crippen molar-refractivity contribution in [2.75, 3.05) is 6.61 Å². The zero-order valence-corrected chi connectivity index (χ0v) is 11.1. The fourth-order valence-corrected chi connectivity index (χ4v) is 1.86. The topological polar surface area (TPSA) is 37.9 Å². The molecule has 0 spiro atoms. The van der Waals surface area contributed by atoms with Crippen molar-refractivity contribution in [3.63, 3.8) is 0 Å². The molecule has 1 heterocycles. The van der Waals surface area contributed by atoms with Gasteiger partial charge in [0.25, 0.3) is 0 Å². The highest BCUT2D eigenvalue weighted by molar-refractivity contribution is 7.71. The highest BCUT2D eigenvalue weighted by Crippen LogP contribution is 2.22. The smallest absolute Gasteiger partial charge is 0.168 e. The van der Waals surface area contributed by atoms with Gasteiger partial charge in [-0.15, -0.1) is 0 Å². The van der Waals surface area contributed by atoms with Crippen LogP contribution >= 0.6 is 12.2 Å². The SMILES string of the molecule is CCOCc1nc(=S)cc(-c2cccc(F)c2F)[nH]1. The fraction of sp³-hybridized carbons (Fsp3) is 0.231. The van der Waals surface area contributed by atoms with Crippen LogP contribution in [0.2, 0.25) is 0 Å². The molecule has 0 aliphatic rings. The summed E-state index contributed by atoms with van der Waals surface area (Å²) in [6.07, 6.45) is 0. The summed E-state index contributed by atoms with van der Waals surface area (Å²) < 4.78 is 32.4. The zero-order chi connectivity index (χ0) is 13.8. The largest absolute Gasteiger partial charge is 0.374 e. The van der Waals surface area contributed by atoms with Gasteiger partial charge in [-0.3, -0.25) is 0 Å². The Hall–Kier alpha value is -1.66. The van der Waals surface area contributed by atoms with Crippen LogP contribution in [0.1, 0.15) is 12.7 Å². The molecule has 0 atom stereocenters. The molecule has 6 heteroatoms. The minimum atomic E-state index is -0.915. The Balaban J connectivity index is 2.47. The number of rotatable bonds is 4. The number of hydrogen-bond acceptors (Lipinski definition) is 3. The van der Waals surface area contributed by atoms with E-state index in [1.165, 1.54) is 18.2 Å². The second-order valence-corrected chi connectivity index (χ2v) is 4.24. The van der Waals surface area contributed by atoms with E-state index >= 15 is 0 Å². The van der Waals surface area contributed by atoms with Gasteiger partial charge in [-0.25, -0.2) is 13.8 Å². The normalized spacial score (nSPS) is 10.7. The Kier molecular flexibility index (Phi) is 4.34. The lowest BCUT2D eigenvalue weighted by atomic mass is 10.1. The predicted molar refractivity (Wildman–Crippen MR) is 70.1 cm³/mol. The van der Waals surface area contributed by atoms with E-state index in [0.29, 0.717) is 22.8 Å². The number of benzene rings is 1. The summed E-state index contributed by atoms with van der Waals surface area (Å²) in [4.78, 5) is 6.96. The Morgan fingerprint density at radius 1 is 1.37 bits per heavy atom. The van der Waals surface area contributed by atoms with Gasteiger partial charge in [0.05, 0.1) is 5.69 Å². The minimum absolute atomic E-state index is 0.117. The molecular formula is C13H12F2N2OS. The van der Waals surface area contributed by atoms with Crippen molar-refractivity contribution >= 4 is 12.2 Å². The van der Waals surface area contributed by atoms with Crippen molar-refractivity contribution in [2.24, 2.45) is 0 Å². The van der Waals surface area contributed by atoms with Crippen LogP contribution in [0.4, 0.5) is 8.78 Å². The van der Waals surface area contributed by atoms with Crippen LogP contribution < -0.4 is 0 Å². The highest BCUT2D eigenvalue weighted by atomic mass is 32.1. The first-order chi connectivity index (χ1) is 9.11. The molecule has 0 aliphatic carbocycles. The summed E-state index contributed by atoms with van der Waals surface area (Å²) in [6, 6.07) is 5.47. The second-order valence-electron chi connectivity index (χ2n) is 3.82. The molecule has 0 bridgehead atoms. The third-order valence-electron chi connectivity index (χ3n) is 2.48. The van der Waals surface area contributed by atoms with Crippen LogP contribution in [0, 0.1) is 16.3 Å². The molecule has 0 amide bonds. The molecule has 0 aliphatic heterocycles. The number of aromatic nitrogens is 2. The zero-order valence-electron chi connectivity index (χ0n) is 10.2. The lowest BCUT2D eigenvalue weighted by Crippen LogP contribution is -2.01. The molecule has 2 rings (SSSR count). The van der Waals surface area contributed by atoms with E-state index in [9.17, 15) is 8.78 Å². The first-order valence-corrected chi connectivity index (χ1v) is 6.15. The molecule has 3 nitrogen and oxygen atoms in total. The van der Waals surface area contributed by atoms with E-state index in [1.54, 1.807) is 0 Å². The van der Waals surface area contributed by atoms with Gasteiger partial charge in [0, 0.05) is 12.2 Å². The Morgan fingerprint density at radius 2 is 2.16 bits per heavy atom. The minimum Gasteiger partial charge on any atom is -0.374 e. The summed E-state index contributed by atoms with van der Waals surface area (Å²) in [6.45, 7) is 2.62. The predicted octanol–water partition coefficient (Wildman–Crippen LogP) is 3.62. The summed E-state index contributed by atoms with van der Waals surface area (Å²) in [7, 11) is 0. The Bertz CT molecular complexity index is 643. The molecule has 0 fully saturated rings. The fourth-order valence-electron chi connectivity index (χ4n) is 1.63. The summed E-state index contributed by atoms with van der Waals surface area (Å²) in [5.41, 5.74) is 0.498. The van der Waals surface area contributed by atoms with E-state index in [0.717, 1.165) is 6.07 Å². The summed E-state index contributed by atoms with van der Waals surface area (Å²) in [5, 5.41) is 0. The van der Waals surface area contributed by atoms with Gasteiger partial charge in [-0.2, -0.15) is 0 Å². The Labute approximate surface area is 114 Å². The maximum absolute atomic E-state index is 13.7. The Morgan fingerprint density at radius 3 is 2.89 bits per heavy atom. The number of aromatic amines is 1. The summed E-state index contributed by atoms with van der Waals surface area (Å²) in [5.74, 6) is -1.34. The quantitative estimate of drug-likeness (QED) is 0.870. The second kappa shape index (κ2) is 5.99. The first kappa shape index (κ1) is 13.8. The molecule has 1 aromatic heterocycles. The third-order valence-corrected chi connectivity index (χ3v) is 2.69. The molecule has 100 valence electrons. The number of halogens is 2. The van der Waals surface area contributed by atoms with Crippen LogP contribution in [0.3, 0.4) is 0 Å². The van der Waals surface area contributed by atoms with Crippen molar-refractivity contribution in [2.45, 2.75) is 13.5 Å². The first-order valence-electron chi connectivity index (χ1n) is 5.74. The van der Waals surface area contributed by atoms with E-state index in [4.69, 9.17) is 17.0 Å². The molecule has 1 aromatic carbocycles. The van der Waals surface area contributed by atoms with Gasteiger partial charge < -0.3 is 9.72 Å². The van der Waals surface area contributed by atoms with Crippen LogP contribution in [0.15, 0.2) is 24.3 Å². The van der Waals surface area contributed by atoms with Gasteiger partial charge in [0.15, 0.2) is 11.6 Å². The van der Waals surface area contributed by atoms with Gasteiger partial charge >= 0.3 is 0 Å². The lowest BCUT2D eigenvalue weighted by molar-refractivity contribution is 0.128. The molecule has 0 saturated carbocycles. The average Bonchev–Trinajstić information content (AvgIpc) is 2.39. The van der Waals surface area contributed by atoms with Crippen molar-refractivity contribution in [1.29, 1.82) is 0 Å². The number of hydrogen-bond donors (Lipinski definition) is 1. The van der Waals surface area contributed by atoms with Gasteiger partial charge in [-0.1, -0.05) is 18.3 Å². The van der Waals surface area contributed by atoms with Crippen molar-refractivity contribution < 1.29 is 13.5 Å². The van der Waals surface area contributed by atoms with Gasteiger partial charge in [0.2, 0.25) is 0 Å². The van der Waals surface area contributed by atoms with Crippen molar-refractivity contribution in [1.82, 2.24) is 9.97 Å². The van der Waals surface area contributed by atoms with Crippen LogP contribution in [-0.2, 0) is 11.3 Å². The molecule has 2 aromatic rings. The molecule has 0 saturated heterocycles. The van der Waals surface area contributed by atoms with Crippen LogP contribution in [0.5, 0.6) is 0 Å². The maximum atomic E-state index is 13.7. The third kappa shape index (κ3) is 3.21. The summed E-state index contributed by atoms with van der Waals surface area (Å²) >= 11 is 5.01. The molecule has 19 heavy (non-hydrogen) atoms. The number of nitrogens with zero attached hydrogens (tertiary/aromatic N) is 1. The van der Waals surface area contributed by atoms with Crippen molar-refractivity contribution in [3.05, 3.63) is 46.4 Å². The van der Waals surface area contributed by atoms with E-state index in [1.807, 2.05) is 6.92 Å². The molecule has 0 radical (unpaired) electrons. The lowest BCUT2D eigenvalue weighted by Gasteiger charge is -2.07. The van der Waals surface area contributed by atoms with Gasteiger partial charge in [0.1, 0.15) is 17.1 Å². The van der Waals surface area contributed by atoms with Crippen LogP contribution in [0.25, 0.3) is 11.3 Å². The van der Waals surface area contributed by atoms with E-state index in [2.05, 4.69) is 9.97 Å². The van der Waals surface area contributed by atoms with Gasteiger partial charge in [-0.05, 0) is 25.1 Å². The van der Waals surface area contributed by atoms with Crippen molar-refractivity contribution in [3.8, 4) is 11.3 Å². The van der Waals surface area contributed by atoms with Crippen LogP contribution in [-0.4, -0.2) is 16.6 Å². The monoisotopic (exact) mass is 282 g/mol. The maximum Gasteiger partial charge on any atom is 0.168 e. The molecule has 0 unspecified atom stereocenters. The number of ether oxygens (including phenoxy) is 1. The highest BCUT2D eigenvalue weighted by Gasteiger charge is 2.11. The molecule has 1 N–H and O–H groups in total.